The Bertz CT molecular complexity index is 1010. The van der Waals surface area contributed by atoms with Gasteiger partial charge in [-0.15, -0.1) is 11.3 Å². The van der Waals surface area contributed by atoms with Crippen molar-refractivity contribution < 1.29 is 26.7 Å². The Morgan fingerprint density at radius 2 is 2.04 bits per heavy atom. The fourth-order valence-corrected chi connectivity index (χ4v) is 4.67. The Kier molecular flexibility index (Phi) is 4.58. The quantitative estimate of drug-likeness (QED) is 0.623. The van der Waals surface area contributed by atoms with Crippen molar-refractivity contribution in [2.75, 3.05) is 13.2 Å². The van der Waals surface area contributed by atoms with Crippen molar-refractivity contribution >= 4 is 32.4 Å². The van der Waals surface area contributed by atoms with Crippen LogP contribution < -0.4 is 4.72 Å². The maximum Gasteiger partial charge on any atom is 0.431 e. The van der Waals surface area contributed by atoms with Crippen LogP contribution >= 0.6 is 11.3 Å². The first-order valence-electron chi connectivity index (χ1n) is 6.98. The van der Waals surface area contributed by atoms with Gasteiger partial charge in [-0.05, 0) is 24.3 Å². The zero-order chi connectivity index (χ0) is 18.2. The molecule has 0 unspecified atom stereocenters. The number of H-pyrrole nitrogens is 1. The van der Waals surface area contributed by atoms with Crippen molar-refractivity contribution in [1.82, 2.24) is 14.7 Å². The Labute approximate surface area is 144 Å². The number of thiophene rings is 1. The third kappa shape index (κ3) is 3.54. The van der Waals surface area contributed by atoms with Crippen LogP contribution in [0.25, 0.3) is 21.5 Å². The molecule has 25 heavy (non-hydrogen) atoms. The van der Waals surface area contributed by atoms with E-state index >= 15 is 0 Å². The van der Waals surface area contributed by atoms with E-state index in [1.807, 2.05) is 0 Å². The number of nitrogens with one attached hydrogen (secondary N) is 2. The summed E-state index contributed by atoms with van der Waals surface area (Å²) in [4.78, 5) is 6.60. The molecule has 134 valence electrons. The molecular weight excluding hydrogens is 379 g/mol. The summed E-state index contributed by atoms with van der Waals surface area (Å²) in [6.07, 6.45) is -3.18. The maximum absolute atomic E-state index is 12.9. The van der Waals surface area contributed by atoms with E-state index in [9.17, 15) is 21.6 Å². The topological polar surface area (TPSA) is 95.1 Å². The monoisotopic (exact) mass is 391 g/mol. The summed E-state index contributed by atoms with van der Waals surface area (Å²) < 4.78 is 65.0. The molecule has 0 atom stereocenters. The lowest BCUT2D eigenvalue weighted by molar-refractivity contribution is -0.140. The fourth-order valence-electron chi connectivity index (χ4n) is 2.25. The molecule has 0 saturated carbocycles. The van der Waals surface area contributed by atoms with Crippen LogP contribution in [0.3, 0.4) is 0 Å². The molecule has 0 radical (unpaired) electrons. The maximum atomic E-state index is 12.9. The Morgan fingerprint density at radius 3 is 2.72 bits per heavy atom. The highest BCUT2D eigenvalue weighted by Crippen LogP contribution is 2.37. The molecule has 0 amide bonds. The predicted octanol–water partition coefficient (Wildman–Crippen LogP) is 2.58. The zero-order valence-corrected chi connectivity index (χ0v) is 14.1. The highest BCUT2D eigenvalue weighted by molar-refractivity contribution is 7.91. The molecule has 0 aliphatic rings. The standard InChI is InChI=1S/C14H12F3N3O3S2/c15-14(16,17)11-7-9-8(3-4-18-13(9)20-11)10-1-2-12(24-10)25(22,23)19-5-6-21/h1-4,7,19,21H,5-6H2,(H,18,20). The van der Waals surface area contributed by atoms with Gasteiger partial charge in [0.25, 0.3) is 0 Å². The first kappa shape index (κ1) is 17.9. The number of pyridine rings is 1. The van der Waals surface area contributed by atoms with E-state index in [2.05, 4.69) is 14.7 Å². The second-order valence-electron chi connectivity index (χ2n) is 5.04. The number of rotatable bonds is 5. The lowest BCUT2D eigenvalue weighted by Crippen LogP contribution is -2.25. The summed E-state index contributed by atoms with van der Waals surface area (Å²) in [7, 11) is -3.78. The number of nitrogens with zero attached hydrogens (tertiary/aromatic N) is 1. The van der Waals surface area contributed by atoms with Crippen LogP contribution in [-0.4, -0.2) is 36.6 Å². The minimum absolute atomic E-state index is 0.00694. The van der Waals surface area contributed by atoms with Gasteiger partial charge < -0.3 is 10.1 Å². The van der Waals surface area contributed by atoms with Gasteiger partial charge in [-0.2, -0.15) is 13.2 Å². The highest BCUT2D eigenvalue weighted by Gasteiger charge is 2.33. The van der Waals surface area contributed by atoms with Gasteiger partial charge in [0.2, 0.25) is 10.0 Å². The van der Waals surface area contributed by atoms with Gasteiger partial charge in [0, 0.05) is 28.6 Å². The van der Waals surface area contributed by atoms with Gasteiger partial charge in [-0.1, -0.05) is 0 Å². The molecule has 3 aromatic rings. The first-order chi connectivity index (χ1) is 11.7. The SMILES string of the molecule is O=S(=O)(NCCO)c1ccc(-c2ccnc3[nH]c(C(F)(F)F)cc23)s1. The summed E-state index contributed by atoms with van der Waals surface area (Å²) >= 11 is 0.920. The summed E-state index contributed by atoms with van der Waals surface area (Å²) in [6.45, 7) is -0.464. The van der Waals surface area contributed by atoms with Crippen LogP contribution in [0, 0.1) is 0 Å². The molecule has 3 aromatic heterocycles. The molecule has 0 saturated heterocycles. The van der Waals surface area contributed by atoms with E-state index in [1.54, 1.807) is 0 Å². The number of hydrogen-bond acceptors (Lipinski definition) is 5. The number of aliphatic hydroxyl groups excluding tert-OH is 1. The molecule has 0 fully saturated rings. The van der Waals surface area contributed by atoms with Crippen LogP contribution in [0.15, 0.2) is 34.7 Å². The van der Waals surface area contributed by atoms with E-state index in [1.165, 1.54) is 24.4 Å². The average Bonchev–Trinajstić information content (AvgIpc) is 3.19. The van der Waals surface area contributed by atoms with E-state index in [0.29, 0.717) is 10.4 Å². The molecule has 0 aliphatic heterocycles. The third-order valence-electron chi connectivity index (χ3n) is 3.35. The molecule has 0 aromatic carbocycles. The normalized spacial score (nSPS) is 12.8. The average molecular weight is 391 g/mol. The fraction of sp³-hybridized carbons (Fsp3) is 0.214. The van der Waals surface area contributed by atoms with E-state index in [0.717, 1.165) is 17.4 Å². The lowest BCUT2D eigenvalue weighted by Gasteiger charge is -2.02. The summed E-state index contributed by atoms with van der Waals surface area (Å²) in [5.41, 5.74) is -0.400. The second-order valence-corrected chi connectivity index (χ2v) is 8.12. The Hall–Kier alpha value is -1.95. The van der Waals surface area contributed by atoms with Gasteiger partial charge in [0.05, 0.1) is 6.61 Å². The summed E-state index contributed by atoms with van der Waals surface area (Å²) in [5.74, 6) is 0. The van der Waals surface area contributed by atoms with Gasteiger partial charge in [0.1, 0.15) is 15.6 Å². The number of alkyl halides is 3. The minimum Gasteiger partial charge on any atom is -0.395 e. The van der Waals surface area contributed by atoms with Crippen molar-refractivity contribution in [3.8, 4) is 10.4 Å². The predicted molar refractivity (Wildman–Crippen MR) is 86.7 cm³/mol. The van der Waals surface area contributed by atoms with Gasteiger partial charge in [0.15, 0.2) is 0 Å². The molecule has 11 heteroatoms. The smallest absolute Gasteiger partial charge is 0.395 e. The highest BCUT2D eigenvalue weighted by atomic mass is 32.2. The van der Waals surface area contributed by atoms with E-state index in [-0.39, 0.29) is 28.4 Å². The number of sulfonamides is 1. The summed E-state index contributed by atoms with van der Waals surface area (Å²) in [5, 5.41) is 8.97. The van der Waals surface area contributed by atoms with Crippen LogP contribution in [0.2, 0.25) is 0 Å². The molecule has 0 spiro atoms. The lowest BCUT2D eigenvalue weighted by atomic mass is 10.1. The van der Waals surface area contributed by atoms with Crippen molar-refractivity contribution in [1.29, 1.82) is 0 Å². The summed E-state index contributed by atoms with van der Waals surface area (Å²) in [6, 6.07) is 5.37. The number of halogens is 3. The van der Waals surface area contributed by atoms with Gasteiger partial charge >= 0.3 is 6.18 Å². The number of aliphatic hydroxyl groups is 1. The molecule has 3 heterocycles. The molecule has 3 N–H and O–H groups in total. The molecule has 6 nitrogen and oxygen atoms in total. The van der Waals surface area contributed by atoms with Gasteiger partial charge in [-0.25, -0.2) is 18.1 Å². The Balaban J connectivity index is 2.05. The number of aromatic nitrogens is 2. The molecular formula is C14H12F3N3O3S2. The number of fused-ring (bicyclic) bond motifs is 1. The van der Waals surface area contributed by atoms with Crippen molar-refractivity contribution in [2.45, 2.75) is 10.4 Å². The van der Waals surface area contributed by atoms with Crippen LogP contribution in [0.1, 0.15) is 5.69 Å². The van der Waals surface area contributed by atoms with Crippen LogP contribution in [0.5, 0.6) is 0 Å². The Morgan fingerprint density at radius 1 is 1.28 bits per heavy atom. The van der Waals surface area contributed by atoms with E-state index in [4.69, 9.17) is 5.11 Å². The third-order valence-corrected chi connectivity index (χ3v) is 6.42. The van der Waals surface area contributed by atoms with Crippen molar-refractivity contribution in [3.63, 3.8) is 0 Å². The van der Waals surface area contributed by atoms with Crippen LogP contribution in [-0.2, 0) is 16.2 Å². The van der Waals surface area contributed by atoms with Crippen molar-refractivity contribution in [3.05, 3.63) is 36.2 Å². The van der Waals surface area contributed by atoms with Crippen molar-refractivity contribution in [2.24, 2.45) is 0 Å². The molecule has 0 bridgehead atoms. The molecule has 0 aliphatic carbocycles. The van der Waals surface area contributed by atoms with Gasteiger partial charge in [-0.3, -0.25) is 0 Å². The van der Waals surface area contributed by atoms with E-state index < -0.39 is 21.9 Å². The second kappa shape index (κ2) is 6.41. The molecule has 3 rings (SSSR count). The van der Waals surface area contributed by atoms with Crippen LogP contribution in [0.4, 0.5) is 13.2 Å². The number of aromatic amines is 1. The zero-order valence-electron chi connectivity index (χ0n) is 12.5. The minimum atomic E-state index is -4.53. The number of hydrogen-bond donors (Lipinski definition) is 3. The first-order valence-corrected chi connectivity index (χ1v) is 9.28. The largest absolute Gasteiger partial charge is 0.431 e.